The summed E-state index contributed by atoms with van der Waals surface area (Å²) in [6.07, 6.45) is 3.01. The highest BCUT2D eigenvalue weighted by Gasteiger charge is 2.33. The Balaban J connectivity index is 1.85. The summed E-state index contributed by atoms with van der Waals surface area (Å²) in [4.78, 5) is 2.31. The molecule has 124 valence electrons. The van der Waals surface area contributed by atoms with Gasteiger partial charge in [-0.05, 0) is 31.0 Å². The van der Waals surface area contributed by atoms with E-state index in [9.17, 15) is 0 Å². The summed E-state index contributed by atoms with van der Waals surface area (Å²) in [5, 5.41) is 9.06. The van der Waals surface area contributed by atoms with Crippen molar-refractivity contribution in [2.24, 2.45) is 0 Å². The van der Waals surface area contributed by atoms with E-state index >= 15 is 0 Å². The molecule has 2 aromatic rings. The Labute approximate surface area is 151 Å². The lowest BCUT2D eigenvalue weighted by Gasteiger charge is -2.40. The summed E-state index contributed by atoms with van der Waals surface area (Å²) in [5.74, 6) is 0.962. The van der Waals surface area contributed by atoms with E-state index in [1.54, 1.807) is 6.20 Å². The van der Waals surface area contributed by atoms with Crippen molar-refractivity contribution < 1.29 is 0 Å². The third kappa shape index (κ3) is 2.41. The second kappa shape index (κ2) is 5.87. The first-order valence-corrected chi connectivity index (χ1v) is 8.72. The molecule has 0 radical (unpaired) electrons. The van der Waals surface area contributed by atoms with Gasteiger partial charge in [0.15, 0.2) is 0 Å². The number of halogens is 2. The molecule has 1 unspecified atom stereocenters. The lowest BCUT2D eigenvalue weighted by molar-refractivity contribution is 0.240. The van der Waals surface area contributed by atoms with Gasteiger partial charge in [0.05, 0.1) is 16.2 Å². The maximum Gasteiger partial charge on any atom is 0.129 e. The average molecular weight is 361 g/mol. The summed E-state index contributed by atoms with van der Waals surface area (Å²) in [7, 11) is 0. The SMILES string of the molecule is C=C(C1=C(C)Nc2ccnn2C1c1ccc(Cl)c(Cl)c1)N1CCC1. The van der Waals surface area contributed by atoms with Gasteiger partial charge < -0.3 is 10.2 Å². The zero-order chi connectivity index (χ0) is 16.8. The third-order valence-electron chi connectivity index (χ3n) is 4.72. The fraction of sp³-hybridized carbons (Fsp3) is 0.278. The van der Waals surface area contributed by atoms with Gasteiger partial charge >= 0.3 is 0 Å². The molecule has 2 aliphatic heterocycles. The van der Waals surface area contributed by atoms with Crippen LogP contribution in [0, 0.1) is 0 Å². The topological polar surface area (TPSA) is 33.1 Å². The molecule has 0 spiro atoms. The highest BCUT2D eigenvalue weighted by Crippen LogP contribution is 2.41. The molecule has 1 fully saturated rings. The molecule has 1 saturated heterocycles. The first kappa shape index (κ1) is 15.6. The molecule has 24 heavy (non-hydrogen) atoms. The van der Waals surface area contributed by atoms with Gasteiger partial charge in [0.2, 0.25) is 0 Å². The Morgan fingerprint density at radius 2 is 2.04 bits per heavy atom. The number of allylic oxidation sites excluding steroid dienone is 2. The fourth-order valence-electron chi connectivity index (χ4n) is 3.33. The van der Waals surface area contributed by atoms with Crippen LogP contribution in [0.4, 0.5) is 5.82 Å². The molecule has 0 saturated carbocycles. The normalized spacial score (nSPS) is 19.6. The lowest BCUT2D eigenvalue weighted by Crippen LogP contribution is -2.39. The van der Waals surface area contributed by atoms with E-state index < -0.39 is 0 Å². The predicted molar refractivity (Wildman–Crippen MR) is 98.5 cm³/mol. The van der Waals surface area contributed by atoms with Crippen LogP contribution in [0.1, 0.15) is 24.9 Å². The van der Waals surface area contributed by atoms with Crippen molar-refractivity contribution in [3.8, 4) is 0 Å². The number of likely N-dealkylation sites (tertiary alicyclic amines) is 1. The van der Waals surface area contributed by atoms with Crippen LogP contribution in [0.3, 0.4) is 0 Å². The van der Waals surface area contributed by atoms with Crippen LogP contribution in [0.15, 0.2) is 54.0 Å². The van der Waals surface area contributed by atoms with Crippen molar-refractivity contribution >= 4 is 29.0 Å². The Morgan fingerprint density at radius 1 is 1.25 bits per heavy atom. The number of nitrogens with zero attached hydrogens (tertiary/aromatic N) is 3. The van der Waals surface area contributed by atoms with Gasteiger partial charge in [-0.1, -0.05) is 35.8 Å². The molecule has 2 aliphatic rings. The molecule has 0 bridgehead atoms. The summed E-state index contributed by atoms with van der Waals surface area (Å²) < 4.78 is 1.98. The van der Waals surface area contributed by atoms with Crippen LogP contribution < -0.4 is 5.32 Å². The molecular weight excluding hydrogens is 343 g/mol. The largest absolute Gasteiger partial charge is 0.372 e. The predicted octanol–water partition coefficient (Wildman–Crippen LogP) is 4.70. The molecular formula is C18H18Cl2N4. The van der Waals surface area contributed by atoms with Crippen molar-refractivity contribution in [1.29, 1.82) is 0 Å². The minimum absolute atomic E-state index is 0.0703. The Morgan fingerprint density at radius 3 is 2.71 bits per heavy atom. The summed E-state index contributed by atoms with van der Waals surface area (Å²) in [5.41, 5.74) is 4.33. The standard InChI is InChI=1S/C18H18Cl2N4/c1-11-17(12(2)23-8-3-9-23)18(24-16(22-11)6-7-21-24)13-4-5-14(19)15(20)10-13/h4-7,10,18,22H,2-3,8-9H2,1H3. The molecule has 1 aromatic heterocycles. The van der Waals surface area contributed by atoms with E-state index in [2.05, 4.69) is 28.8 Å². The van der Waals surface area contributed by atoms with Crippen LogP contribution in [0.5, 0.6) is 0 Å². The van der Waals surface area contributed by atoms with Crippen LogP contribution in [0.25, 0.3) is 0 Å². The molecule has 0 amide bonds. The van der Waals surface area contributed by atoms with Gasteiger partial charge in [-0.25, -0.2) is 4.68 Å². The number of nitrogens with one attached hydrogen (secondary N) is 1. The number of anilines is 1. The number of aromatic nitrogens is 2. The highest BCUT2D eigenvalue weighted by atomic mass is 35.5. The zero-order valence-corrected chi connectivity index (χ0v) is 14.9. The maximum absolute atomic E-state index is 6.27. The molecule has 4 nitrogen and oxygen atoms in total. The number of hydrogen-bond acceptors (Lipinski definition) is 3. The van der Waals surface area contributed by atoms with Gasteiger partial charge in [-0.2, -0.15) is 5.10 Å². The highest BCUT2D eigenvalue weighted by molar-refractivity contribution is 6.42. The number of benzene rings is 1. The number of rotatable bonds is 3. The van der Waals surface area contributed by atoms with E-state index in [1.165, 1.54) is 6.42 Å². The van der Waals surface area contributed by atoms with Crippen LogP contribution in [-0.4, -0.2) is 27.8 Å². The Kier molecular flexibility index (Phi) is 3.82. The number of hydrogen-bond donors (Lipinski definition) is 1. The summed E-state index contributed by atoms with van der Waals surface area (Å²) in [6.45, 7) is 8.54. The number of fused-ring (bicyclic) bond motifs is 1. The Hall–Kier alpha value is -1.91. The van der Waals surface area contributed by atoms with E-state index in [4.69, 9.17) is 23.2 Å². The first-order valence-electron chi connectivity index (χ1n) is 7.96. The van der Waals surface area contributed by atoms with Crippen molar-refractivity contribution in [2.45, 2.75) is 19.4 Å². The van der Waals surface area contributed by atoms with Crippen molar-refractivity contribution in [2.75, 3.05) is 18.4 Å². The summed E-state index contributed by atoms with van der Waals surface area (Å²) in [6, 6.07) is 7.66. The quantitative estimate of drug-likeness (QED) is 0.860. The van der Waals surface area contributed by atoms with Crippen LogP contribution >= 0.6 is 23.2 Å². The van der Waals surface area contributed by atoms with E-state index in [0.29, 0.717) is 10.0 Å². The lowest BCUT2D eigenvalue weighted by atomic mass is 9.92. The van der Waals surface area contributed by atoms with Gasteiger partial charge in [0.1, 0.15) is 11.9 Å². The van der Waals surface area contributed by atoms with Crippen molar-refractivity contribution in [3.05, 3.63) is 69.6 Å². The fourth-order valence-corrected chi connectivity index (χ4v) is 3.63. The van der Waals surface area contributed by atoms with Gasteiger partial charge in [0, 0.05) is 36.1 Å². The molecule has 1 aromatic carbocycles. The molecule has 6 heteroatoms. The average Bonchev–Trinajstić information content (AvgIpc) is 2.94. The van der Waals surface area contributed by atoms with Gasteiger partial charge in [-0.3, -0.25) is 0 Å². The molecule has 1 N–H and O–H groups in total. The zero-order valence-electron chi connectivity index (χ0n) is 13.4. The molecule has 1 atom stereocenters. The van der Waals surface area contributed by atoms with Crippen molar-refractivity contribution in [3.63, 3.8) is 0 Å². The first-order chi connectivity index (χ1) is 11.6. The minimum Gasteiger partial charge on any atom is -0.372 e. The second-order valence-corrected chi connectivity index (χ2v) is 7.00. The minimum atomic E-state index is -0.0703. The molecule has 4 rings (SSSR count). The molecule has 3 heterocycles. The van der Waals surface area contributed by atoms with E-state index in [1.807, 2.05) is 28.9 Å². The van der Waals surface area contributed by atoms with Crippen LogP contribution in [0.2, 0.25) is 10.0 Å². The third-order valence-corrected chi connectivity index (χ3v) is 5.45. The van der Waals surface area contributed by atoms with E-state index in [-0.39, 0.29) is 6.04 Å². The second-order valence-electron chi connectivity index (χ2n) is 6.19. The van der Waals surface area contributed by atoms with Crippen molar-refractivity contribution in [1.82, 2.24) is 14.7 Å². The Bertz CT molecular complexity index is 848. The smallest absolute Gasteiger partial charge is 0.129 e. The summed E-state index contributed by atoms with van der Waals surface area (Å²) >= 11 is 12.4. The molecule has 0 aliphatic carbocycles. The monoisotopic (exact) mass is 360 g/mol. The van der Waals surface area contributed by atoms with Gasteiger partial charge in [0.25, 0.3) is 0 Å². The van der Waals surface area contributed by atoms with Gasteiger partial charge in [-0.15, -0.1) is 0 Å². The van der Waals surface area contributed by atoms with E-state index in [0.717, 1.165) is 41.4 Å². The maximum atomic E-state index is 6.27. The van der Waals surface area contributed by atoms with Crippen LogP contribution in [-0.2, 0) is 0 Å².